The number of anilines is 4. The maximum atomic E-state index is 12.7. The van der Waals surface area contributed by atoms with Gasteiger partial charge < -0.3 is 25.0 Å². The topological polar surface area (TPSA) is 153 Å². The minimum Gasteiger partial charge on any atom is -0.494 e. The van der Waals surface area contributed by atoms with Crippen LogP contribution in [0.3, 0.4) is 0 Å². The molecule has 2 N–H and O–H groups in total. The van der Waals surface area contributed by atoms with E-state index in [-0.39, 0.29) is 49.0 Å². The second-order valence-corrected chi connectivity index (χ2v) is 8.71. The van der Waals surface area contributed by atoms with E-state index in [9.17, 15) is 14.4 Å². The molecular weight excluding hydrogens is 492 g/mol. The lowest BCUT2D eigenvalue weighted by molar-refractivity contribution is -0.122. The molecule has 1 aromatic carbocycles. The molecule has 0 radical (unpaired) electrons. The summed E-state index contributed by atoms with van der Waals surface area (Å²) >= 11 is 0. The Morgan fingerprint density at radius 3 is 2.53 bits per heavy atom. The summed E-state index contributed by atoms with van der Waals surface area (Å²) in [7, 11) is 3.25. The van der Waals surface area contributed by atoms with Gasteiger partial charge in [0.25, 0.3) is 0 Å². The lowest BCUT2D eigenvalue weighted by Crippen LogP contribution is -2.43. The van der Waals surface area contributed by atoms with Gasteiger partial charge in [0.15, 0.2) is 23.1 Å². The van der Waals surface area contributed by atoms with E-state index in [1.54, 1.807) is 42.0 Å². The van der Waals surface area contributed by atoms with Gasteiger partial charge in [0, 0.05) is 37.7 Å². The third kappa shape index (κ3) is 5.26. The Bertz CT molecular complexity index is 1380. The molecule has 3 heterocycles. The van der Waals surface area contributed by atoms with Crippen molar-refractivity contribution in [3.63, 3.8) is 0 Å². The van der Waals surface area contributed by atoms with E-state index in [1.807, 2.05) is 0 Å². The molecule has 38 heavy (non-hydrogen) atoms. The monoisotopic (exact) mass is 522 g/mol. The van der Waals surface area contributed by atoms with Gasteiger partial charge in [-0.25, -0.2) is 9.78 Å². The van der Waals surface area contributed by atoms with Crippen molar-refractivity contribution in [1.29, 1.82) is 0 Å². The lowest BCUT2D eigenvalue weighted by Gasteiger charge is -2.31. The van der Waals surface area contributed by atoms with Gasteiger partial charge in [0.2, 0.25) is 11.8 Å². The lowest BCUT2D eigenvalue weighted by atomic mass is 10.1. The number of ether oxygens (including phenoxy) is 2. The van der Waals surface area contributed by atoms with Crippen molar-refractivity contribution in [2.24, 2.45) is 13.0 Å². The number of aromatic nitrogens is 5. The third-order valence-corrected chi connectivity index (χ3v) is 6.01. The second-order valence-electron chi connectivity index (χ2n) is 8.71. The SMILES string of the molecule is C.CCOC(=O)c1nnc(NC(=O)C2CC2)cc1Nc1cc(N2CCC2=O)cc(-c2ncn(C)n2)c1OC. The van der Waals surface area contributed by atoms with Crippen LogP contribution in [0.15, 0.2) is 24.5 Å². The van der Waals surface area contributed by atoms with E-state index in [0.29, 0.717) is 41.5 Å². The number of methoxy groups -OCH3 is 1. The van der Waals surface area contributed by atoms with E-state index < -0.39 is 5.97 Å². The number of aryl methyl sites for hydroxylation is 1. The Balaban J connectivity index is 0.00000336. The van der Waals surface area contributed by atoms with Crippen molar-refractivity contribution in [3.05, 3.63) is 30.2 Å². The van der Waals surface area contributed by atoms with Crippen molar-refractivity contribution < 1.29 is 23.9 Å². The molecule has 13 nitrogen and oxygen atoms in total. The number of rotatable bonds is 9. The molecule has 1 aliphatic carbocycles. The maximum absolute atomic E-state index is 12.7. The normalized spacial score (nSPS) is 14.3. The summed E-state index contributed by atoms with van der Waals surface area (Å²) in [5.74, 6) is 0.0835. The molecule has 0 bridgehead atoms. The van der Waals surface area contributed by atoms with E-state index in [2.05, 4.69) is 30.9 Å². The molecule has 1 saturated carbocycles. The van der Waals surface area contributed by atoms with Gasteiger partial charge in [-0.1, -0.05) is 7.43 Å². The van der Waals surface area contributed by atoms with Crippen LogP contribution >= 0.6 is 0 Å². The number of hydrogen-bond acceptors (Lipinski definition) is 10. The van der Waals surface area contributed by atoms with Crippen LogP contribution in [0.4, 0.5) is 22.9 Å². The number of β-lactam (4-membered cyclic amide) rings is 1. The Hall–Kier alpha value is -4.55. The van der Waals surface area contributed by atoms with E-state index in [4.69, 9.17) is 9.47 Å². The maximum Gasteiger partial charge on any atom is 0.361 e. The van der Waals surface area contributed by atoms with Crippen LogP contribution < -0.4 is 20.3 Å². The van der Waals surface area contributed by atoms with Crippen molar-refractivity contribution in [2.75, 3.05) is 35.8 Å². The second kappa shape index (κ2) is 10.8. The zero-order chi connectivity index (χ0) is 26.1. The fourth-order valence-electron chi connectivity index (χ4n) is 3.92. The fraction of sp³-hybridized carbons (Fsp3) is 0.400. The summed E-state index contributed by atoms with van der Waals surface area (Å²) in [6, 6.07) is 5.04. The minimum absolute atomic E-state index is 0. The van der Waals surface area contributed by atoms with Crippen LogP contribution in [0.5, 0.6) is 5.75 Å². The fourth-order valence-corrected chi connectivity index (χ4v) is 3.92. The van der Waals surface area contributed by atoms with Crippen LogP contribution in [0.2, 0.25) is 0 Å². The molecular formula is C25H30N8O5. The molecule has 2 fully saturated rings. The van der Waals surface area contributed by atoms with Gasteiger partial charge in [-0.3, -0.25) is 14.3 Å². The summed E-state index contributed by atoms with van der Waals surface area (Å²) in [6.45, 7) is 2.40. The number of nitrogens with zero attached hydrogens (tertiary/aromatic N) is 6. The molecule has 0 spiro atoms. The Kier molecular flexibility index (Phi) is 7.55. The molecule has 3 aromatic rings. The number of carbonyl (C=O) groups excluding carboxylic acids is 3. The highest BCUT2D eigenvalue weighted by Crippen LogP contribution is 2.42. The molecule has 1 saturated heterocycles. The molecule has 0 atom stereocenters. The average molecular weight is 523 g/mol. The average Bonchev–Trinajstić information content (AvgIpc) is 3.63. The molecule has 13 heteroatoms. The molecule has 2 amide bonds. The summed E-state index contributed by atoms with van der Waals surface area (Å²) in [5.41, 5.74) is 1.76. The number of hydrogen-bond donors (Lipinski definition) is 2. The standard InChI is InChI=1S/C24H26N8O5.CH4/c1-4-37-24(35)20-16(11-18(28-29-20)27-23(34)13-5-6-13)26-17-10-14(32-8-7-19(32)33)9-15(21(17)36-3)22-25-12-31(2)30-22;/h9-13H,4-8H2,1-3H3,(H2,26,27,28,34);1H4. The van der Waals surface area contributed by atoms with Crippen LogP contribution in [-0.2, 0) is 21.4 Å². The minimum atomic E-state index is -0.683. The first-order chi connectivity index (χ1) is 17.9. The highest BCUT2D eigenvalue weighted by atomic mass is 16.5. The number of esters is 1. The highest BCUT2D eigenvalue weighted by Gasteiger charge is 2.31. The van der Waals surface area contributed by atoms with Crippen LogP contribution in [-0.4, -0.2) is 63.0 Å². The number of amides is 2. The molecule has 2 aliphatic rings. The summed E-state index contributed by atoms with van der Waals surface area (Å²) in [5, 5.41) is 18.3. The molecule has 1 aliphatic heterocycles. The Morgan fingerprint density at radius 2 is 1.95 bits per heavy atom. The third-order valence-electron chi connectivity index (χ3n) is 6.01. The number of benzene rings is 1. The quantitative estimate of drug-likeness (QED) is 0.317. The van der Waals surface area contributed by atoms with E-state index >= 15 is 0 Å². The smallest absolute Gasteiger partial charge is 0.361 e. The van der Waals surface area contributed by atoms with Crippen molar-refractivity contribution in [3.8, 4) is 17.1 Å². The first-order valence-corrected chi connectivity index (χ1v) is 11.9. The Labute approximate surface area is 219 Å². The predicted molar refractivity (Wildman–Crippen MR) is 139 cm³/mol. The molecule has 0 unspecified atom stereocenters. The zero-order valence-electron chi connectivity index (χ0n) is 20.6. The number of carbonyl (C=O) groups is 3. The zero-order valence-corrected chi connectivity index (χ0v) is 20.6. The van der Waals surface area contributed by atoms with Crippen molar-refractivity contribution in [1.82, 2.24) is 25.0 Å². The number of nitrogens with one attached hydrogen (secondary N) is 2. The largest absolute Gasteiger partial charge is 0.494 e. The summed E-state index contributed by atoms with van der Waals surface area (Å²) in [4.78, 5) is 43.2. The van der Waals surface area contributed by atoms with Gasteiger partial charge in [-0.2, -0.15) is 5.10 Å². The van der Waals surface area contributed by atoms with Crippen LogP contribution in [0.1, 0.15) is 44.1 Å². The first kappa shape index (κ1) is 26.5. The highest BCUT2D eigenvalue weighted by molar-refractivity contribution is 6.02. The molecule has 2 aromatic heterocycles. The first-order valence-electron chi connectivity index (χ1n) is 11.9. The van der Waals surface area contributed by atoms with Gasteiger partial charge in [0.05, 0.1) is 30.7 Å². The predicted octanol–water partition coefficient (Wildman–Crippen LogP) is 2.92. The van der Waals surface area contributed by atoms with Crippen molar-refractivity contribution >= 4 is 40.7 Å². The Morgan fingerprint density at radius 1 is 1.16 bits per heavy atom. The molecule has 200 valence electrons. The summed E-state index contributed by atoms with van der Waals surface area (Å²) in [6.07, 6.45) is 3.67. The van der Waals surface area contributed by atoms with Crippen LogP contribution in [0.25, 0.3) is 11.4 Å². The van der Waals surface area contributed by atoms with Gasteiger partial charge in [-0.15, -0.1) is 10.2 Å². The molecule has 5 rings (SSSR count). The van der Waals surface area contributed by atoms with Crippen molar-refractivity contribution in [2.45, 2.75) is 33.6 Å². The van der Waals surface area contributed by atoms with E-state index in [1.165, 1.54) is 13.2 Å². The van der Waals surface area contributed by atoms with Gasteiger partial charge in [0.1, 0.15) is 6.33 Å². The van der Waals surface area contributed by atoms with Gasteiger partial charge >= 0.3 is 5.97 Å². The van der Waals surface area contributed by atoms with Gasteiger partial charge in [-0.05, 0) is 31.9 Å². The summed E-state index contributed by atoms with van der Waals surface area (Å²) < 4.78 is 12.4. The van der Waals surface area contributed by atoms with E-state index in [0.717, 1.165) is 12.8 Å². The van der Waals surface area contributed by atoms with Crippen LogP contribution in [0, 0.1) is 5.92 Å².